The molecule has 1 aliphatic rings. The number of allylic oxidation sites excluding steroid dienone is 1. The van der Waals surface area contributed by atoms with Crippen molar-refractivity contribution in [1.82, 2.24) is 4.57 Å². The van der Waals surface area contributed by atoms with Gasteiger partial charge in [-0.1, -0.05) is 53.8 Å². The summed E-state index contributed by atoms with van der Waals surface area (Å²) >= 11 is 1.24. The number of esters is 2. The molecule has 1 aliphatic heterocycles. The van der Waals surface area contributed by atoms with Crippen LogP contribution in [0.5, 0.6) is 5.75 Å². The van der Waals surface area contributed by atoms with Crippen molar-refractivity contribution in [1.29, 1.82) is 0 Å². The summed E-state index contributed by atoms with van der Waals surface area (Å²) in [5, 5.41) is 0. The maximum atomic E-state index is 13.5. The van der Waals surface area contributed by atoms with E-state index in [1.165, 1.54) is 18.3 Å². The third-order valence-corrected chi connectivity index (χ3v) is 6.03. The van der Waals surface area contributed by atoms with Crippen molar-refractivity contribution in [2.45, 2.75) is 26.8 Å². The SMILES string of the molecule is CCOC(=O)C1=C(C)N=c2s/c(=C\c3cccc(OC(C)=O)c3)c(=O)n2[C@@H]1c1ccccc1. The molecule has 33 heavy (non-hydrogen) atoms. The maximum absolute atomic E-state index is 13.5. The third-order valence-electron chi connectivity index (χ3n) is 5.05. The van der Waals surface area contributed by atoms with Crippen LogP contribution in [0, 0.1) is 0 Å². The zero-order valence-corrected chi connectivity index (χ0v) is 19.2. The number of thiazole rings is 1. The first-order valence-corrected chi connectivity index (χ1v) is 11.2. The highest BCUT2D eigenvalue weighted by Crippen LogP contribution is 2.30. The van der Waals surface area contributed by atoms with E-state index < -0.39 is 18.0 Å². The quantitative estimate of drug-likeness (QED) is 0.430. The molecule has 0 saturated heterocycles. The van der Waals surface area contributed by atoms with Gasteiger partial charge in [-0.25, -0.2) is 9.79 Å². The van der Waals surface area contributed by atoms with Gasteiger partial charge in [0.25, 0.3) is 5.56 Å². The summed E-state index contributed by atoms with van der Waals surface area (Å²) in [5.41, 5.74) is 2.10. The predicted octanol–water partition coefficient (Wildman–Crippen LogP) is 2.72. The molecule has 2 heterocycles. The van der Waals surface area contributed by atoms with Gasteiger partial charge in [-0.3, -0.25) is 14.2 Å². The monoisotopic (exact) mass is 462 g/mol. The number of carbonyl (C=O) groups is 2. The van der Waals surface area contributed by atoms with E-state index in [0.29, 0.717) is 31.9 Å². The number of carbonyl (C=O) groups excluding carboxylic acids is 2. The molecule has 3 aromatic rings. The fourth-order valence-electron chi connectivity index (χ4n) is 3.73. The first-order chi connectivity index (χ1) is 15.9. The molecule has 0 bridgehead atoms. The van der Waals surface area contributed by atoms with Crippen LogP contribution in [0.2, 0.25) is 0 Å². The lowest BCUT2D eigenvalue weighted by atomic mass is 9.96. The van der Waals surface area contributed by atoms with Crippen LogP contribution >= 0.6 is 11.3 Å². The van der Waals surface area contributed by atoms with E-state index in [-0.39, 0.29) is 12.2 Å². The Labute approximate surface area is 193 Å². The zero-order valence-electron chi connectivity index (χ0n) is 18.4. The van der Waals surface area contributed by atoms with Crippen LogP contribution in [-0.4, -0.2) is 23.1 Å². The second kappa shape index (κ2) is 9.38. The molecule has 0 radical (unpaired) electrons. The zero-order chi connectivity index (χ0) is 23.5. The summed E-state index contributed by atoms with van der Waals surface area (Å²) in [7, 11) is 0. The van der Waals surface area contributed by atoms with Crippen LogP contribution in [0.3, 0.4) is 0 Å². The van der Waals surface area contributed by atoms with E-state index in [1.54, 1.807) is 42.7 Å². The molecule has 0 unspecified atom stereocenters. The van der Waals surface area contributed by atoms with Gasteiger partial charge in [0, 0.05) is 6.92 Å². The van der Waals surface area contributed by atoms with E-state index >= 15 is 0 Å². The first kappa shape index (κ1) is 22.4. The molecule has 1 aromatic heterocycles. The third kappa shape index (κ3) is 4.56. The summed E-state index contributed by atoms with van der Waals surface area (Å²) in [6, 6.07) is 15.6. The second-order valence-corrected chi connectivity index (χ2v) is 8.39. The number of rotatable bonds is 5. The Morgan fingerprint density at radius 2 is 1.91 bits per heavy atom. The molecule has 168 valence electrons. The van der Waals surface area contributed by atoms with Crippen LogP contribution < -0.4 is 19.6 Å². The highest BCUT2D eigenvalue weighted by atomic mass is 32.1. The van der Waals surface area contributed by atoms with Crippen LogP contribution in [0.25, 0.3) is 6.08 Å². The molecule has 0 spiro atoms. The number of fused-ring (bicyclic) bond motifs is 1. The van der Waals surface area contributed by atoms with Gasteiger partial charge in [0.2, 0.25) is 0 Å². The molecule has 0 amide bonds. The molecule has 0 N–H and O–H groups in total. The van der Waals surface area contributed by atoms with Crippen LogP contribution in [-0.2, 0) is 14.3 Å². The van der Waals surface area contributed by atoms with Crippen molar-refractivity contribution in [3.63, 3.8) is 0 Å². The fraction of sp³-hybridized carbons (Fsp3) is 0.200. The van der Waals surface area contributed by atoms with Gasteiger partial charge in [-0.15, -0.1) is 0 Å². The second-order valence-electron chi connectivity index (χ2n) is 7.38. The Bertz CT molecular complexity index is 1430. The molecular weight excluding hydrogens is 440 g/mol. The molecule has 0 aliphatic carbocycles. The van der Waals surface area contributed by atoms with Gasteiger partial charge in [-0.05, 0) is 43.2 Å². The Balaban J connectivity index is 1.89. The van der Waals surface area contributed by atoms with Crippen molar-refractivity contribution in [3.8, 4) is 5.75 Å². The molecule has 7 nitrogen and oxygen atoms in total. The Morgan fingerprint density at radius 1 is 1.15 bits per heavy atom. The summed E-state index contributed by atoms with van der Waals surface area (Å²) < 4.78 is 12.4. The Kier molecular flexibility index (Phi) is 6.37. The lowest BCUT2D eigenvalue weighted by Gasteiger charge is -2.24. The number of aromatic nitrogens is 1. The standard InChI is InChI=1S/C25H22N2O5S/c1-4-31-24(30)21-15(2)26-25-27(22(21)18-10-6-5-7-11-18)23(29)20(33-25)14-17-9-8-12-19(13-17)32-16(3)28/h5-14,22H,4H2,1-3H3/b20-14-/t22-/m1/s1. The highest BCUT2D eigenvalue weighted by molar-refractivity contribution is 7.07. The molecule has 0 saturated carbocycles. The van der Waals surface area contributed by atoms with Crippen molar-refractivity contribution in [2.24, 2.45) is 4.99 Å². The summed E-state index contributed by atoms with van der Waals surface area (Å²) in [6.45, 7) is 5.05. The van der Waals surface area contributed by atoms with Gasteiger partial charge < -0.3 is 9.47 Å². The van der Waals surface area contributed by atoms with Crippen LogP contribution in [0.15, 0.2) is 75.7 Å². The van der Waals surface area contributed by atoms with Crippen molar-refractivity contribution < 1.29 is 19.1 Å². The maximum Gasteiger partial charge on any atom is 0.338 e. The van der Waals surface area contributed by atoms with Gasteiger partial charge in [0.1, 0.15) is 5.75 Å². The number of hydrogen-bond donors (Lipinski definition) is 0. The van der Waals surface area contributed by atoms with E-state index in [1.807, 2.05) is 36.4 Å². The predicted molar refractivity (Wildman–Crippen MR) is 125 cm³/mol. The highest BCUT2D eigenvalue weighted by Gasteiger charge is 2.33. The molecule has 1 atom stereocenters. The van der Waals surface area contributed by atoms with Gasteiger partial charge >= 0.3 is 11.9 Å². The largest absolute Gasteiger partial charge is 0.463 e. The minimum absolute atomic E-state index is 0.222. The average molecular weight is 463 g/mol. The lowest BCUT2D eigenvalue weighted by Crippen LogP contribution is -2.39. The Hall–Kier alpha value is -3.78. The molecule has 0 fully saturated rings. The van der Waals surface area contributed by atoms with E-state index in [4.69, 9.17) is 9.47 Å². The summed E-state index contributed by atoms with van der Waals surface area (Å²) in [5.74, 6) is -0.515. The fourth-order valence-corrected chi connectivity index (χ4v) is 4.77. The van der Waals surface area contributed by atoms with Crippen molar-refractivity contribution in [2.75, 3.05) is 6.61 Å². The van der Waals surface area contributed by atoms with Gasteiger partial charge in [0.15, 0.2) is 4.80 Å². The smallest absolute Gasteiger partial charge is 0.338 e. The van der Waals surface area contributed by atoms with Crippen molar-refractivity contribution >= 4 is 29.4 Å². The Morgan fingerprint density at radius 3 is 2.61 bits per heavy atom. The van der Waals surface area contributed by atoms with Gasteiger partial charge in [-0.2, -0.15) is 0 Å². The number of nitrogens with zero attached hydrogens (tertiary/aromatic N) is 2. The van der Waals surface area contributed by atoms with E-state index in [9.17, 15) is 14.4 Å². The van der Waals surface area contributed by atoms with Crippen LogP contribution in [0.4, 0.5) is 0 Å². The average Bonchev–Trinajstić information content (AvgIpc) is 3.08. The minimum Gasteiger partial charge on any atom is -0.463 e. The van der Waals surface area contributed by atoms with E-state index in [2.05, 4.69) is 4.99 Å². The first-order valence-electron chi connectivity index (χ1n) is 10.4. The molecule has 4 rings (SSSR count). The normalized spacial score (nSPS) is 15.6. The van der Waals surface area contributed by atoms with Gasteiger partial charge in [0.05, 0.1) is 28.5 Å². The number of ether oxygens (including phenoxy) is 2. The van der Waals surface area contributed by atoms with Crippen molar-refractivity contribution in [3.05, 3.63) is 96.7 Å². The number of benzene rings is 2. The number of hydrogen-bond acceptors (Lipinski definition) is 7. The molecule has 2 aromatic carbocycles. The minimum atomic E-state index is -0.643. The van der Waals surface area contributed by atoms with Crippen LogP contribution in [0.1, 0.15) is 37.9 Å². The van der Waals surface area contributed by atoms with E-state index in [0.717, 1.165) is 5.56 Å². The lowest BCUT2D eigenvalue weighted by molar-refractivity contribution is -0.139. The molecule has 8 heteroatoms. The summed E-state index contributed by atoms with van der Waals surface area (Å²) in [4.78, 5) is 42.7. The summed E-state index contributed by atoms with van der Waals surface area (Å²) in [6.07, 6.45) is 1.72. The topological polar surface area (TPSA) is 87.0 Å². The molecular formula is C25H22N2O5S.